The van der Waals surface area contributed by atoms with Crippen molar-refractivity contribution in [1.82, 2.24) is 5.32 Å². The third kappa shape index (κ3) is 4.17. The first-order chi connectivity index (χ1) is 8.58. The van der Waals surface area contributed by atoms with Crippen molar-refractivity contribution in [1.29, 1.82) is 0 Å². The fourth-order valence-corrected chi connectivity index (χ4v) is 1.85. The summed E-state index contributed by atoms with van der Waals surface area (Å²) in [6.07, 6.45) is 1.46. The summed E-state index contributed by atoms with van der Waals surface area (Å²) in [5.74, 6) is -0.202. The van der Waals surface area contributed by atoms with Gasteiger partial charge in [0.25, 0.3) is 5.91 Å². The van der Waals surface area contributed by atoms with Gasteiger partial charge in [-0.05, 0) is 53.3 Å². The monoisotopic (exact) mass is 361 g/mol. The fraction of sp³-hybridized carbons (Fsp3) is 0.333. The minimum Gasteiger partial charge on any atom is -0.409 e. The van der Waals surface area contributed by atoms with Crippen LogP contribution >= 0.6 is 22.6 Å². The molecule has 0 radical (unpaired) electrons. The number of rotatable bonds is 5. The van der Waals surface area contributed by atoms with Gasteiger partial charge in [-0.2, -0.15) is 0 Å². The normalized spacial score (nSPS) is 13.1. The Morgan fingerprint density at radius 2 is 2.11 bits per heavy atom. The number of nitrogens with two attached hydrogens (primary N) is 1. The lowest BCUT2D eigenvalue weighted by Gasteiger charge is -2.16. The van der Waals surface area contributed by atoms with Crippen LogP contribution in [0.2, 0.25) is 0 Å². The molecule has 1 rings (SSSR count). The van der Waals surface area contributed by atoms with Crippen molar-refractivity contribution in [3.8, 4) is 0 Å². The number of carbonyl (C=O) groups is 1. The van der Waals surface area contributed by atoms with Crippen LogP contribution in [0.5, 0.6) is 0 Å². The van der Waals surface area contributed by atoms with Crippen LogP contribution in [0.1, 0.15) is 30.1 Å². The number of carbonyl (C=O) groups excluding carboxylic acids is 1. The van der Waals surface area contributed by atoms with Crippen LogP contribution in [0.4, 0.5) is 0 Å². The summed E-state index contributed by atoms with van der Waals surface area (Å²) in [7, 11) is 0. The molecule has 6 heteroatoms. The Kier molecular flexibility index (Phi) is 5.90. The Morgan fingerprint density at radius 3 is 2.61 bits per heavy atom. The molecule has 5 nitrogen and oxygen atoms in total. The minimum atomic E-state index is -0.438. The van der Waals surface area contributed by atoms with Crippen LogP contribution in [-0.4, -0.2) is 23.0 Å². The van der Waals surface area contributed by atoms with Gasteiger partial charge in [-0.25, -0.2) is 0 Å². The molecule has 0 saturated heterocycles. The van der Waals surface area contributed by atoms with E-state index in [9.17, 15) is 4.79 Å². The van der Waals surface area contributed by atoms with Gasteiger partial charge in [0.15, 0.2) is 5.84 Å². The van der Waals surface area contributed by atoms with Crippen molar-refractivity contribution >= 4 is 34.3 Å². The third-order valence-corrected chi connectivity index (χ3v) is 3.18. The van der Waals surface area contributed by atoms with Crippen LogP contribution < -0.4 is 11.1 Å². The summed E-state index contributed by atoms with van der Waals surface area (Å²) >= 11 is 2.17. The lowest BCUT2D eigenvalue weighted by molar-refractivity contribution is 0.0945. The summed E-state index contributed by atoms with van der Waals surface area (Å²) < 4.78 is 1.06. The van der Waals surface area contributed by atoms with E-state index in [2.05, 4.69) is 33.1 Å². The molecule has 0 fully saturated rings. The van der Waals surface area contributed by atoms with E-state index in [1.54, 1.807) is 12.1 Å². The molecule has 0 bridgehead atoms. The maximum absolute atomic E-state index is 12.0. The van der Waals surface area contributed by atoms with Crippen molar-refractivity contribution in [2.24, 2.45) is 10.9 Å². The van der Waals surface area contributed by atoms with Crippen LogP contribution in [0.25, 0.3) is 0 Å². The van der Waals surface area contributed by atoms with Gasteiger partial charge in [0.2, 0.25) is 0 Å². The van der Waals surface area contributed by atoms with Crippen molar-refractivity contribution < 1.29 is 10.0 Å². The second kappa shape index (κ2) is 7.20. The number of amides is 1. The molecule has 0 spiro atoms. The molecule has 0 heterocycles. The quantitative estimate of drug-likeness (QED) is 0.246. The standard InChI is InChI=1S/C12H16IN3O2/c1-2-3-10(11(14)16-18)15-12(17)8-4-6-9(13)7-5-8/h4-7,10,18H,2-3H2,1H3,(H2,14,16)(H,15,17). The van der Waals surface area contributed by atoms with E-state index in [1.165, 1.54) is 0 Å². The topological polar surface area (TPSA) is 87.7 Å². The Bertz CT molecular complexity index is 431. The molecule has 1 aromatic rings. The fourth-order valence-electron chi connectivity index (χ4n) is 1.50. The molecular weight excluding hydrogens is 345 g/mol. The number of oxime groups is 1. The van der Waals surface area contributed by atoms with Gasteiger partial charge in [0, 0.05) is 9.13 Å². The second-order valence-corrected chi connectivity index (χ2v) is 5.09. The molecule has 1 atom stereocenters. The molecule has 1 amide bonds. The van der Waals surface area contributed by atoms with Gasteiger partial charge in [0.05, 0.1) is 6.04 Å². The van der Waals surface area contributed by atoms with E-state index >= 15 is 0 Å². The summed E-state index contributed by atoms with van der Waals surface area (Å²) in [4.78, 5) is 12.0. The summed E-state index contributed by atoms with van der Waals surface area (Å²) in [5, 5.41) is 14.4. The van der Waals surface area contributed by atoms with Crippen LogP contribution in [0.15, 0.2) is 29.4 Å². The smallest absolute Gasteiger partial charge is 0.251 e. The minimum absolute atomic E-state index is 0.0238. The van der Waals surface area contributed by atoms with E-state index in [1.807, 2.05) is 19.1 Å². The Labute approximate surface area is 120 Å². The summed E-state index contributed by atoms with van der Waals surface area (Å²) in [5.41, 5.74) is 6.10. The van der Waals surface area contributed by atoms with Crippen molar-refractivity contribution in [2.45, 2.75) is 25.8 Å². The molecule has 1 unspecified atom stereocenters. The van der Waals surface area contributed by atoms with Crippen molar-refractivity contribution in [2.75, 3.05) is 0 Å². The summed E-state index contributed by atoms with van der Waals surface area (Å²) in [6.45, 7) is 1.97. The van der Waals surface area contributed by atoms with Gasteiger partial charge < -0.3 is 16.3 Å². The largest absolute Gasteiger partial charge is 0.409 e. The highest BCUT2D eigenvalue weighted by atomic mass is 127. The van der Waals surface area contributed by atoms with E-state index in [-0.39, 0.29) is 11.7 Å². The zero-order valence-electron chi connectivity index (χ0n) is 10.1. The van der Waals surface area contributed by atoms with E-state index in [0.29, 0.717) is 12.0 Å². The predicted octanol–water partition coefficient (Wildman–Crippen LogP) is 1.94. The van der Waals surface area contributed by atoms with E-state index in [0.717, 1.165) is 9.99 Å². The first kappa shape index (κ1) is 14.7. The lowest BCUT2D eigenvalue weighted by Crippen LogP contribution is -2.44. The number of hydrogen-bond acceptors (Lipinski definition) is 3. The number of halogens is 1. The number of amidine groups is 1. The number of nitrogens with zero attached hydrogens (tertiary/aromatic N) is 1. The molecule has 0 aliphatic heterocycles. The Morgan fingerprint density at radius 1 is 1.50 bits per heavy atom. The molecular formula is C12H16IN3O2. The van der Waals surface area contributed by atoms with Gasteiger partial charge in [-0.3, -0.25) is 4.79 Å². The average molecular weight is 361 g/mol. The number of nitrogens with one attached hydrogen (secondary N) is 1. The first-order valence-corrected chi connectivity index (χ1v) is 6.70. The van der Waals surface area contributed by atoms with Crippen LogP contribution in [0, 0.1) is 3.57 Å². The Balaban J connectivity index is 2.75. The molecule has 0 aliphatic rings. The van der Waals surface area contributed by atoms with Gasteiger partial charge >= 0.3 is 0 Å². The predicted molar refractivity (Wildman–Crippen MR) is 78.7 cm³/mol. The van der Waals surface area contributed by atoms with Crippen molar-refractivity contribution in [3.63, 3.8) is 0 Å². The highest BCUT2D eigenvalue weighted by molar-refractivity contribution is 14.1. The highest BCUT2D eigenvalue weighted by Crippen LogP contribution is 2.07. The zero-order valence-corrected chi connectivity index (χ0v) is 12.2. The number of benzene rings is 1. The SMILES string of the molecule is CCCC(NC(=O)c1ccc(I)cc1)/C(N)=N/O. The van der Waals surface area contributed by atoms with Gasteiger partial charge in [0.1, 0.15) is 0 Å². The third-order valence-electron chi connectivity index (χ3n) is 2.46. The van der Waals surface area contributed by atoms with Crippen molar-refractivity contribution in [3.05, 3.63) is 33.4 Å². The van der Waals surface area contributed by atoms with Gasteiger partial charge in [-0.1, -0.05) is 18.5 Å². The maximum atomic E-state index is 12.0. The maximum Gasteiger partial charge on any atom is 0.251 e. The lowest BCUT2D eigenvalue weighted by atomic mass is 10.1. The molecule has 98 valence electrons. The molecule has 1 aromatic carbocycles. The highest BCUT2D eigenvalue weighted by Gasteiger charge is 2.16. The summed E-state index contributed by atoms with van der Waals surface area (Å²) in [6, 6.07) is 6.76. The zero-order chi connectivity index (χ0) is 13.5. The molecule has 4 N–H and O–H groups in total. The Hall–Kier alpha value is -1.31. The molecule has 18 heavy (non-hydrogen) atoms. The molecule has 0 aromatic heterocycles. The van der Waals surface area contributed by atoms with Crippen LogP contribution in [-0.2, 0) is 0 Å². The van der Waals surface area contributed by atoms with Gasteiger partial charge in [-0.15, -0.1) is 0 Å². The molecule has 0 saturated carbocycles. The second-order valence-electron chi connectivity index (χ2n) is 3.85. The number of hydrogen-bond donors (Lipinski definition) is 3. The van der Waals surface area contributed by atoms with Crippen LogP contribution in [0.3, 0.4) is 0 Å². The first-order valence-electron chi connectivity index (χ1n) is 5.62. The van der Waals surface area contributed by atoms with E-state index in [4.69, 9.17) is 10.9 Å². The average Bonchev–Trinajstić information content (AvgIpc) is 2.38. The van der Waals surface area contributed by atoms with E-state index < -0.39 is 6.04 Å². The molecule has 0 aliphatic carbocycles.